The number of hydrogen-bond donors (Lipinski definition) is 2. The predicted molar refractivity (Wildman–Crippen MR) is 28.8 cm³/mol. The lowest BCUT2D eigenvalue weighted by Crippen LogP contribution is -2.14. The molecule has 0 fully saturated rings. The first-order chi connectivity index (χ1) is 3.39. The molecule has 0 aromatic carbocycles. The Kier molecular flexibility index (Phi) is 0.978. The first-order valence-electron chi connectivity index (χ1n) is 2.11. The average Bonchev–Trinajstić information content (AvgIpc) is 1.69. The van der Waals surface area contributed by atoms with E-state index >= 15 is 0 Å². The smallest absolute Gasteiger partial charge is 0.0695 e. The highest BCUT2D eigenvalue weighted by atomic mass is 15.3. The predicted octanol–water partition coefficient (Wildman–Crippen LogP) is -0.582. The van der Waals surface area contributed by atoms with Crippen molar-refractivity contribution in [3.63, 3.8) is 0 Å². The van der Waals surface area contributed by atoms with Crippen molar-refractivity contribution >= 4 is 6.21 Å². The number of hydrogen-bond acceptors (Lipinski definition) is 3. The summed E-state index contributed by atoms with van der Waals surface area (Å²) >= 11 is 0. The van der Waals surface area contributed by atoms with Gasteiger partial charge in [-0.25, -0.2) is 0 Å². The van der Waals surface area contributed by atoms with E-state index in [-0.39, 0.29) is 0 Å². The van der Waals surface area contributed by atoms with Crippen LogP contribution in [0, 0.1) is 0 Å². The van der Waals surface area contributed by atoms with Crippen LogP contribution < -0.4 is 11.2 Å². The lowest BCUT2D eigenvalue weighted by atomic mass is 10.4. The maximum absolute atomic E-state index is 5.31. The van der Waals surface area contributed by atoms with Crippen molar-refractivity contribution in [2.75, 3.05) is 6.54 Å². The highest BCUT2D eigenvalue weighted by molar-refractivity contribution is 5.77. The van der Waals surface area contributed by atoms with E-state index in [1.54, 1.807) is 6.21 Å². The summed E-state index contributed by atoms with van der Waals surface area (Å²) in [6.07, 6.45) is 3.45. The van der Waals surface area contributed by atoms with Gasteiger partial charge in [-0.1, -0.05) is 0 Å². The minimum atomic E-state index is 0.735. The third-order valence-electron chi connectivity index (χ3n) is 0.734. The number of rotatable bonds is 0. The second-order valence-electron chi connectivity index (χ2n) is 1.32. The topological polar surface area (TPSA) is 50.4 Å². The van der Waals surface area contributed by atoms with Gasteiger partial charge in [0.1, 0.15) is 0 Å². The SMILES string of the molecule is NC1=CCNN=C1. The molecule has 1 rings (SSSR count). The molecule has 1 heterocycles. The fourth-order valence-electron chi connectivity index (χ4n) is 0.389. The number of nitrogens with two attached hydrogens (primary N) is 1. The molecule has 7 heavy (non-hydrogen) atoms. The van der Waals surface area contributed by atoms with Crippen LogP contribution in [-0.4, -0.2) is 12.8 Å². The Labute approximate surface area is 41.9 Å². The molecule has 0 aromatic rings. The van der Waals surface area contributed by atoms with Crippen LogP contribution in [0.2, 0.25) is 0 Å². The molecule has 1 aliphatic rings. The van der Waals surface area contributed by atoms with Gasteiger partial charge < -0.3 is 11.2 Å². The lowest BCUT2D eigenvalue weighted by molar-refractivity contribution is 0.815. The van der Waals surface area contributed by atoms with E-state index in [2.05, 4.69) is 10.5 Å². The van der Waals surface area contributed by atoms with E-state index in [1.807, 2.05) is 6.08 Å². The van der Waals surface area contributed by atoms with Gasteiger partial charge >= 0.3 is 0 Å². The molecule has 38 valence electrons. The van der Waals surface area contributed by atoms with Crippen LogP contribution in [-0.2, 0) is 0 Å². The Bertz CT molecular complexity index is 114. The molecule has 3 N–H and O–H groups in total. The summed E-state index contributed by atoms with van der Waals surface area (Å²) < 4.78 is 0. The molecule has 0 spiro atoms. The van der Waals surface area contributed by atoms with Crippen LogP contribution in [0.1, 0.15) is 0 Å². The van der Waals surface area contributed by atoms with Gasteiger partial charge in [0.2, 0.25) is 0 Å². The molecule has 0 radical (unpaired) electrons. The zero-order valence-corrected chi connectivity index (χ0v) is 3.89. The molecule has 3 nitrogen and oxygen atoms in total. The lowest BCUT2D eigenvalue weighted by Gasteiger charge is -1.99. The zero-order valence-electron chi connectivity index (χ0n) is 3.89. The van der Waals surface area contributed by atoms with Gasteiger partial charge in [0.15, 0.2) is 0 Å². The van der Waals surface area contributed by atoms with E-state index in [1.165, 1.54) is 0 Å². The highest BCUT2D eigenvalue weighted by Gasteiger charge is 1.86. The molecule has 0 atom stereocenters. The van der Waals surface area contributed by atoms with Gasteiger partial charge in [-0.2, -0.15) is 5.10 Å². The van der Waals surface area contributed by atoms with Gasteiger partial charge in [0.05, 0.1) is 12.8 Å². The Hall–Kier alpha value is -0.990. The number of allylic oxidation sites excluding steroid dienone is 1. The van der Waals surface area contributed by atoms with Crippen LogP contribution in [0.4, 0.5) is 0 Å². The molecule has 0 aromatic heterocycles. The third-order valence-corrected chi connectivity index (χ3v) is 0.734. The van der Waals surface area contributed by atoms with Crippen molar-refractivity contribution in [3.8, 4) is 0 Å². The number of nitrogens with one attached hydrogen (secondary N) is 1. The van der Waals surface area contributed by atoms with Crippen molar-refractivity contribution in [1.29, 1.82) is 0 Å². The summed E-state index contributed by atoms with van der Waals surface area (Å²) in [6, 6.07) is 0. The molecular formula is C4H7N3. The summed E-state index contributed by atoms with van der Waals surface area (Å²) in [5, 5.41) is 3.69. The Morgan fingerprint density at radius 3 is 3.00 bits per heavy atom. The summed E-state index contributed by atoms with van der Waals surface area (Å²) in [6.45, 7) is 0.752. The van der Waals surface area contributed by atoms with Crippen LogP contribution in [0.15, 0.2) is 16.9 Å². The summed E-state index contributed by atoms with van der Waals surface area (Å²) in [5.41, 5.74) is 8.77. The van der Waals surface area contributed by atoms with Crippen molar-refractivity contribution in [2.45, 2.75) is 0 Å². The summed E-state index contributed by atoms with van der Waals surface area (Å²) in [7, 11) is 0. The first kappa shape index (κ1) is 4.18. The Morgan fingerprint density at radius 2 is 2.71 bits per heavy atom. The van der Waals surface area contributed by atoms with Crippen molar-refractivity contribution in [2.24, 2.45) is 10.8 Å². The van der Waals surface area contributed by atoms with E-state index in [0.717, 1.165) is 12.2 Å². The molecule has 3 heteroatoms. The average molecular weight is 97.1 g/mol. The monoisotopic (exact) mass is 97.1 g/mol. The van der Waals surface area contributed by atoms with Gasteiger partial charge in [0.25, 0.3) is 0 Å². The fourth-order valence-corrected chi connectivity index (χ4v) is 0.389. The zero-order chi connectivity index (χ0) is 5.11. The Morgan fingerprint density at radius 1 is 1.86 bits per heavy atom. The second-order valence-corrected chi connectivity index (χ2v) is 1.32. The van der Waals surface area contributed by atoms with Crippen LogP contribution in [0.5, 0.6) is 0 Å². The maximum Gasteiger partial charge on any atom is 0.0695 e. The van der Waals surface area contributed by atoms with Gasteiger partial charge in [-0.3, -0.25) is 0 Å². The molecule has 0 saturated carbocycles. The van der Waals surface area contributed by atoms with Crippen LogP contribution in [0.3, 0.4) is 0 Å². The standard InChI is InChI=1S/C4H7N3/c5-4-1-2-6-7-3-4/h1,3,6H,2,5H2. The second kappa shape index (κ2) is 1.64. The van der Waals surface area contributed by atoms with E-state index in [0.29, 0.717) is 0 Å². The van der Waals surface area contributed by atoms with Crippen molar-refractivity contribution in [3.05, 3.63) is 11.8 Å². The minimum Gasteiger partial charge on any atom is -0.398 e. The summed E-state index contributed by atoms with van der Waals surface area (Å²) in [5.74, 6) is 0. The molecule has 0 saturated heterocycles. The largest absolute Gasteiger partial charge is 0.398 e. The van der Waals surface area contributed by atoms with Gasteiger partial charge in [-0.05, 0) is 6.08 Å². The Balaban J connectivity index is 2.58. The normalized spacial score (nSPS) is 18.0. The fraction of sp³-hybridized carbons (Fsp3) is 0.250. The quantitative estimate of drug-likeness (QED) is 0.425. The van der Waals surface area contributed by atoms with Gasteiger partial charge in [0, 0.05) is 5.70 Å². The summed E-state index contributed by atoms with van der Waals surface area (Å²) in [4.78, 5) is 0. The van der Waals surface area contributed by atoms with Gasteiger partial charge in [-0.15, -0.1) is 0 Å². The highest BCUT2D eigenvalue weighted by Crippen LogP contribution is 1.80. The molecule has 1 aliphatic heterocycles. The number of nitrogens with zero attached hydrogens (tertiary/aromatic N) is 1. The molecule has 0 unspecified atom stereocenters. The van der Waals surface area contributed by atoms with E-state index < -0.39 is 0 Å². The molecule has 0 aliphatic carbocycles. The van der Waals surface area contributed by atoms with E-state index in [4.69, 9.17) is 5.73 Å². The molecule has 0 amide bonds. The molecular weight excluding hydrogens is 90.1 g/mol. The van der Waals surface area contributed by atoms with Crippen LogP contribution in [0.25, 0.3) is 0 Å². The van der Waals surface area contributed by atoms with E-state index in [9.17, 15) is 0 Å². The molecule has 0 bridgehead atoms. The van der Waals surface area contributed by atoms with Crippen LogP contribution >= 0.6 is 0 Å². The van der Waals surface area contributed by atoms with Crippen molar-refractivity contribution in [1.82, 2.24) is 5.43 Å². The van der Waals surface area contributed by atoms with Crippen molar-refractivity contribution < 1.29 is 0 Å². The third kappa shape index (κ3) is 0.924. The number of hydrazone groups is 1. The maximum atomic E-state index is 5.31. The minimum absolute atomic E-state index is 0.735. The first-order valence-corrected chi connectivity index (χ1v) is 2.11.